The molecule has 5 nitrogen and oxygen atoms in total. The van der Waals surface area contributed by atoms with Gasteiger partial charge in [0.15, 0.2) is 0 Å². The molecule has 0 saturated carbocycles. The maximum Gasteiger partial charge on any atom is 0.251 e. The number of carbonyl (C=O) groups excluding carboxylic acids is 2. The van der Waals surface area contributed by atoms with Crippen molar-refractivity contribution in [3.05, 3.63) is 35.4 Å². The Hall–Kier alpha value is -1.88. The lowest BCUT2D eigenvalue weighted by Crippen LogP contribution is -2.30. The lowest BCUT2D eigenvalue weighted by Gasteiger charge is -2.19. The lowest BCUT2D eigenvalue weighted by atomic mass is 10.1. The van der Waals surface area contributed by atoms with Gasteiger partial charge in [0.25, 0.3) is 5.91 Å². The molecule has 132 valence electrons. The number of nitrogens with zero attached hydrogens (tertiary/aromatic N) is 1. The van der Waals surface area contributed by atoms with Gasteiger partial charge in [0.05, 0.1) is 0 Å². The van der Waals surface area contributed by atoms with Crippen LogP contribution in [0.4, 0.5) is 0 Å². The van der Waals surface area contributed by atoms with Crippen molar-refractivity contribution in [3.8, 4) is 0 Å². The highest BCUT2D eigenvalue weighted by Crippen LogP contribution is 2.09. The Morgan fingerprint density at radius 2 is 1.67 bits per heavy atom. The average molecular weight is 331 g/mol. The topological polar surface area (TPSA) is 61.4 Å². The number of hydrogen-bond donors (Lipinski definition) is 2. The smallest absolute Gasteiger partial charge is 0.251 e. The number of carbonyl (C=O) groups is 2. The Balaban J connectivity index is 1.67. The third-order valence-corrected chi connectivity index (χ3v) is 4.39. The molecule has 24 heavy (non-hydrogen) atoms. The van der Waals surface area contributed by atoms with Crippen molar-refractivity contribution >= 4 is 11.8 Å². The summed E-state index contributed by atoms with van der Waals surface area (Å²) < 4.78 is 0. The largest absolute Gasteiger partial charge is 0.352 e. The second-order valence-corrected chi connectivity index (χ2v) is 6.47. The van der Waals surface area contributed by atoms with Gasteiger partial charge in [-0.05, 0) is 56.6 Å². The highest BCUT2D eigenvalue weighted by molar-refractivity contribution is 5.94. The standard InChI is InChI=1S/C19H29N3O2/c1-16(23)21-15-17-7-9-18(10-8-17)19(24)20-11-6-14-22-12-4-2-3-5-13-22/h7-10H,2-6,11-15H2,1H3,(H,20,24)(H,21,23). The van der Waals surface area contributed by atoms with Gasteiger partial charge in [-0.2, -0.15) is 0 Å². The molecule has 2 rings (SSSR count). The molecule has 0 spiro atoms. The maximum atomic E-state index is 12.1. The number of nitrogens with one attached hydrogen (secondary N) is 2. The van der Waals surface area contributed by atoms with Crippen LogP contribution in [0.1, 0.15) is 54.9 Å². The van der Waals surface area contributed by atoms with E-state index in [1.165, 1.54) is 45.7 Å². The second-order valence-electron chi connectivity index (χ2n) is 6.47. The summed E-state index contributed by atoms with van der Waals surface area (Å²) in [6.07, 6.45) is 6.30. The van der Waals surface area contributed by atoms with Crippen LogP contribution >= 0.6 is 0 Å². The fourth-order valence-electron chi connectivity index (χ4n) is 2.97. The Morgan fingerprint density at radius 3 is 2.29 bits per heavy atom. The second kappa shape index (κ2) is 10.1. The first kappa shape index (κ1) is 18.5. The molecule has 1 aliphatic rings. The van der Waals surface area contributed by atoms with E-state index in [4.69, 9.17) is 0 Å². The summed E-state index contributed by atoms with van der Waals surface area (Å²) in [4.78, 5) is 25.5. The molecule has 2 N–H and O–H groups in total. The minimum atomic E-state index is -0.0544. The van der Waals surface area contributed by atoms with Crippen LogP contribution in [0.5, 0.6) is 0 Å². The molecule has 1 aromatic carbocycles. The van der Waals surface area contributed by atoms with Crippen molar-refractivity contribution in [2.24, 2.45) is 0 Å². The Bertz CT molecular complexity index is 520. The van der Waals surface area contributed by atoms with Gasteiger partial charge in [0, 0.05) is 25.6 Å². The zero-order valence-electron chi connectivity index (χ0n) is 14.6. The van der Waals surface area contributed by atoms with Crippen molar-refractivity contribution < 1.29 is 9.59 Å². The monoisotopic (exact) mass is 331 g/mol. The quantitative estimate of drug-likeness (QED) is 0.754. The number of benzene rings is 1. The van der Waals surface area contributed by atoms with Crippen LogP contribution in [0, 0.1) is 0 Å². The van der Waals surface area contributed by atoms with Crippen LogP contribution in [0.2, 0.25) is 0 Å². The summed E-state index contributed by atoms with van der Waals surface area (Å²) in [5, 5.41) is 5.73. The van der Waals surface area contributed by atoms with Gasteiger partial charge in [0.1, 0.15) is 0 Å². The molecule has 1 aliphatic heterocycles. The van der Waals surface area contributed by atoms with Crippen LogP contribution in [0.25, 0.3) is 0 Å². The van der Waals surface area contributed by atoms with Crippen LogP contribution in [-0.2, 0) is 11.3 Å². The fourth-order valence-corrected chi connectivity index (χ4v) is 2.97. The minimum Gasteiger partial charge on any atom is -0.352 e. The predicted molar refractivity (Wildman–Crippen MR) is 95.8 cm³/mol. The summed E-state index contributed by atoms with van der Waals surface area (Å²) in [6, 6.07) is 7.37. The highest BCUT2D eigenvalue weighted by Gasteiger charge is 2.09. The number of hydrogen-bond acceptors (Lipinski definition) is 3. The molecule has 5 heteroatoms. The van der Waals surface area contributed by atoms with E-state index < -0.39 is 0 Å². The van der Waals surface area contributed by atoms with Crippen LogP contribution in [0.3, 0.4) is 0 Å². The summed E-state index contributed by atoms with van der Waals surface area (Å²) in [5.74, 6) is -0.0850. The van der Waals surface area contributed by atoms with Crippen molar-refractivity contribution in [2.75, 3.05) is 26.2 Å². The Kier molecular flexibility index (Phi) is 7.75. The van der Waals surface area contributed by atoms with Crippen molar-refractivity contribution in [2.45, 2.75) is 45.6 Å². The van der Waals surface area contributed by atoms with Gasteiger partial charge in [-0.25, -0.2) is 0 Å². The molecule has 0 aliphatic carbocycles. The first-order valence-electron chi connectivity index (χ1n) is 8.99. The number of amides is 2. The van der Waals surface area contributed by atoms with Crippen LogP contribution < -0.4 is 10.6 Å². The number of likely N-dealkylation sites (tertiary alicyclic amines) is 1. The summed E-state index contributed by atoms with van der Waals surface area (Å²) in [6.45, 7) is 6.16. The van der Waals surface area contributed by atoms with E-state index in [2.05, 4.69) is 15.5 Å². The molecule has 0 radical (unpaired) electrons. The predicted octanol–water partition coefficient (Wildman–Crippen LogP) is 2.32. The summed E-state index contributed by atoms with van der Waals surface area (Å²) in [5.41, 5.74) is 1.65. The molecule has 1 saturated heterocycles. The Labute approximate surface area is 144 Å². The van der Waals surface area contributed by atoms with E-state index in [-0.39, 0.29) is 11.8 Å². The molecule has 0 bridgehead atoms. The molecule has 0 atom stereocenters. The lowest BCUT2D eigenvalue weighted by molar-refractivity contribution is -0.119. The molecular weight excluding hydrogens is 302 g/mol. The Morgan fingerprint density at radius 1 is 1.00 bits per heavy atom. The van der Waals surface area contributed by atoms with E-state index in [1.807, 2.05) is 12.1 Å². The summed E-state index contributed by atoms with van der Waals surface area (Å²) in [7, 11) is 0. The van der Waals surface area contributed by atoms with Gasteiger partial charge in [-0.3, -0.25) is 9.59 Å². The van der Waals surface area contributed by atoms with Crippen LogP contribution in [-0.4, -0.2) is 42.9 Å². The zero-order chi connectivity index (χ0) is 17.2. The van der Waals surface area contributed by atoms with Gasteiger partial charge in [-0.15, -0.1) is 0 Å². The first-order valence-corrected chi connectivity index (χ1v) is 8.99. The van der Waals surface area contributed by atoms with Gasteiger partial charge in [-0.1, -0.05) is 25.0 Å². The van der Waals surface area contributed by atoms with E-state index in [1.54, 1.807) is 12.1 Å². The SMILES string of the molecule is CC(=O)NCc1ccc(C(=O)NCCCN2CCCCCC2)cc1. The van der Waals surface area contributed by atoms with Crippen LogP contribution in [0.15, 0.2) is 24.3 Å². The molecule has 1 fully saturated rings. The number of rotatable bonds is 7. The highest BCUT2D eigenvalue weighted by atomic mass is 16.2. The summed E-state index contributed by atoms with van der Waals surface area (Å²) >= 11 is 0. The maximum absolute atomic E-state index is 12.1. The zero-order valence-corrected chi connectivity index (χ0v) is 14.6. The molecule has 0 aromatic heterocycles. The first-order chi connectivity index (χ1) is 11.6. The third-order valence-electron chi connectivity index (χ3n) is 4.39. The van der Waals surface area contributed by atoms with E-state index in [0.717, 1.165) is 18.5 Å². The minimum absolute atomic E-state index is 0.0306. The van der Waals surface area contributed by atoms with E-state index in [0.29, 0.717) is 18.7 Å². The van der Waals surface area contributed by atoms with Gasteiger partial charge in [0.2, 0.25) is 5.91 Å². The molecule has 0 unspecified atom stereocenters. The van der Waals surface area contributed by atoms with Crippen molar-refractivity contribution in [3.63, 3.8) is 0 Å². The molecular formula is C19H29N3O2. The average Bonchev–Trinajstić information content (AvgIpc) is 2.86. The van der Waals surface area contributed by atoms with Crippen molar-refractivity contribution in [1.82, 2.24) is 15.5 Å². The van der Waals surface area contributed by atoms with Gasteiger partial charge >= 0.3 is 0 Å². The van der Waals surface area contributed by atoms with Crippen molar-refractivity contribution in [1.29, 1.82) is 0 Å². The molecule has 1 heterocycles. The van der Waals surface area contributed by atoms with E-state index in [9.17, 15) is 9.59 Å². The third kappa shape index (κ3) is 6.71. The molecule has 2 amide bonds. The normalized spacial score (nSPS) is 15.5. The fraction of sp³-hybridized carbons (Fsp3) is 0.579. The van der Waals surface area contributed by atoms with E-state index >= 15 is 0 Å². The molecule has 1 aromatic rings. The van der Waals surface area contributed by atoms with Gasteiger partial charge < -0.3 is 15.5 Å².